The van der Waals surface area contributed by atoms with Crippen LogP contribution in [0.4, 0.5) is 0 Å². The number of benzene rings is 1. The Balaban J connectivity index is 1.87. The molecule has 1 atom stereocenters. The second-order valence-electron chi connectivity index (χ2n) is 5.86. The first-order valence-electron chi connectivity index (χ1n) is 7.49. The van der Waals surface area contributed by atoms with Crippen LogP contribution in [0.25, 0.3) is 0 Å². The molecule has 1 aliphatic carbocycles. The van der Waals surface area contributed by atoms with E-state index in [1.165, 1.54) is 12.8 Å². The van der Waals surface area contributed by atoms with Crippen LogP contribution in [0.15, 0.2) is 24.3 Å². The Morgan fingerprint density at radius 2 is 1.70 bits per heavy atom. The van der Waals surface area contributed by atoms with Gasteiger partial charge in [-0.2, -0.15) is 0 Å². The Hall–Kier alpha value is -0.610. The Morgan fingerprint density at radius 3 is 2.30 bits per heavy atom. The second-order valence-corrected chi connectivity index (χ2v) is 6.30. The highest BCUT2D eigenvalue weighted by atomic mass is 35.5. The Kier molecular flexibility index (Phi) is 4.32. The van der Waals surface area contributed by atoms with E-state index in [4.69, 9.17) is 16.3 Å². The van der Waals surface area contributed by atoms with Gasteiger partial charge in [-0.05, 0) is 30.5 Å². The fraction of sp³-hybridized carbons (Fsp3) is 0.625. The van der Waals surface area contributed by atoms with Crippen LogP contribution < -0.4 is 0 Å². The van der Waals surface area contributed by atoms with E-state index in [2.05, 4.69) is 4.90 Å². The number of aliphatic hydroxyl groups excluding tert-OH is 1. The third kappa shape index (κ3) is 2.60. The summed E-state index contributed by atoms with van der Waals surface area (Å²) in [6.45, 7) is 3.39. The van der Waals surface area contributed by atoms with Crippen molar-refractivity contribution in [2.24, 2.45) is 0 Å². The lowest BCUT2D eigenvalue weighted by Crippen LogP contribution is -2.55. The molecular weight excluding hydrogens is 274 g/mol. The third-order valence-electron chi connectivity index (χ3n) is 4.80. The number of ether oxygens (including phenoxy) is 1. The van der Waals surface area contributed by atoms with Crippen LogP contribution in [0.2, 0.25) is 5.02 Å². The lowest BCUT2D eigenvalue weighted by Gasteiger charge is -2.46. The Bertz CT molecular complexity index is 436. The minimum Gasteiger partial charge on any atom is -0.386 e. The maximum atomic E-state index is 11.0. The van der Waals surface area contributed by atoms with Gasteiger partial charge in [0, 0.05) is 18.1 Å². The van der Waals surface area contributed by atoms with Gasteiger partial charge in [0.05, 0.1) is 24.9 Å². The molecule has 1 N–H and O–H groups in total. The fourth-order valence-corrected chi connectivity index (χ4v) is 3.84. The van der Waals surface area contributed by atoms with Crippen molar-refractivity contribution in [3.05, 3.63) is 34.9 Å². The highest BCUT2D eigenvalue weighted by Crippen LogP contribution is 2.44. The molecule has 1 unspecified atom stereocenters. The first-order chi connectivity index (χ1) is 9.72. The topological polar surface area (TPSA) is 32.7 Å². The molecule has 0 aromatic heterocycles. The van der Waals surface area contributed by atoms with E-state index < -0.39 is 6.10 Å². The number of hydrogen-bond donors (Lipinski definition) is 1. The summed E-state index contributed by atoms with van der Waals surface area (Å²) in [7, 11) is 0. The number of nitrogens with zero attached hydrogens (tertiary/aromatic N) is 1. The molecule has 1 aromatic rings. The summed E-state index contributed by atoms with van der Waals surface area (Å²) in [5.74, 6) is 0. The first kappa shape index (κ1) is 14.3. The quantitative estimate of drug-likeness (QED) is 0.930. The smallest absolute Gasteiger partial charge is 0.0973 e. The molecule has 0 spiro atoms. The summed E-state index contributed by atoms with van der Waals surface area (Å²) >= 11 is 5.95. The summed E-state index contributed by atoms with van der Waals surface area (Å²) in [6.07, 6.45) is 4.08. The minimum absolute atomic E-state index is 0.113. The van der Waals surface area contributed by atoms with Gasteiger partial charge in [-0.25, -0.2) is 0 Å². The number of aliphatic hydroxyl groups is 1. The molecular formula is C16H22ClNO2. The zero-order chi connectivity index (χ0) is 14.0. The van der Waals surface area contributed by atoms with Crippen molar-refractivity contribution in [1.29, 1.82) is 0 Å². The highest BCUT2D eigenvalue weighted by molar-refractivity contribution is 6.30. The minimum atomic E-state index is -0.444. The van der Waals surface area contributed by atoms with E-state index in [0.717, 1.165) is 44.7 Å². The van der Waals surface area contributed by atoms with Crippen molar-refractivity contribution in [2.45, 2.75) is 37.3 Å². The van der Waals surface area contributed by atoms with Crippen molar-refractivity contribution in [3.8, 4) is 0 Å². The van der Waals surface area contributed by atoms with Gasteiger partial charge in [0.25, 0.3) is 0 Å². The summed E-state index contributed by atoms with van der Waals surface area (Å²) in [4.78, 5) is 2.45. The Morgan fingerprint density at radius 1 is 1.10 bits per heavy atom. The number of hydrogen-bond acceptors (Lipinski definition) is 3. The highest BCUT2D eigenvalue weighted by Gasteiger charge is 2.46. The van der Waals surface area contributed by atoms with Crippen LogP contribution in [-0.2, 0) is 4.74 Å². The van der Waals surface area contributed by atoms with Gasteiger partial charge in [0.15, 0.2) is 0 Å². The molecule has 2 aliphatic rings. The van der Waals surface area contributed by atoms with Gasteiger partial charge in [0.2, 0.25) is 0 Å². The molecule has 3 nitrogen and oxygen atoms in total. The van der Waals surface area contributed by atoms with Crippen molar-refractivity contribution < 1.29 is 9.84 Å². The fourth-order valence-electron chi connectivity index (χ4n) is 3.71. The average Bonchev–Trinajstić information content (AvgIpc) is 2.99. The van der Waals surface area contributed by atoms with Crippen molar-refractivity contribution in [3.63, 3.8) is 0 Å². The summed E-state index contributed by atoms with van der Waals surface area (Å²) < 4.78 is 5.46. The molecule has 1 aliphatic heterocycles. The molecule has 1 aromatic carbocycles. The monoisotopic (exact) mass is 295 g/mol. The van der Waals surface area contributed by atoms with Crippen molar-refractivity contribution in [2.75, 3.05) is 26.3 Å². The number of morpholine rings is 1. The van der Waals surface area contributed by atoms with Crippen LogP contribution in [-0.4, -0.2) is 41.8 Å². The normalized spacial score (nSPS) is 24.7. The Labute approximate surface area is 125 Å². The molecule has 3 rings (SSSR count). The van der Waals surface area contributed by atoms with Crippen LogP contribution in [0.1, 0.15) is 37.4 Å². The van der Waals surface area contributed by atoms with Gasteiger partial charge in [-0.1, -0.05) is 36.6 Å². The average molecular weight is 296 g/mol. The molecule has 0 amide bonds. The maximum Gasteiger partial charge on any atom is 0.0973 e. The molecule has 1 saturated heterocycles. The predicted octanol–water partition coefficient (Wildman–Crippen LogP) is 3.02. The predicted molar refractivity (Wildman–Crippen MR) is 80.0 cm³/mol. The summed E-state index contributed by atoms with van der Waals surface area (Å²) in [6, 6.07) is 7.63. The summed E-state index contributed by atoms with van der Waals surface area (Å²) in [5.41, 5.74) is 0.861. The van der Waals surface area contributed by atoms with E-state index >= 15 is 0 Å². The molecule has 4 heteroatoms. The molecule has 0 bridgehead atoms. The van der Waals surface area contributed by atoms with Crippen LogP contribution in [0, 0.1) is 0 Å². The SMILES string of the molecule is OC(c1ccc(Cl)cc1)C1(N2CCOCC2)CCCC1. The van der Waals surface area contributed by atoms with Gasteiger partial charge < -0.3 is 9.84 Å². The van der Waals surface area contributed by atoms with E-state index in [-0.39, 0.29) is 5.54 Å². The first-order valence-corrected chi connectivity index (χ1v) is 7.86. The van der Waals surface area contributed by atoms with Gasteiger partial charge >= 0.3 is 0 Å². The van der Waals surface area contributed by atoms with Crippen molar-refractivity contribution in [1.82, 2.24) is 4.90 Å². The van der Waals surface area contributed by atoms with E-state index in [9.17, 15) is 5.11 Å². The van der Waals surface area contributed by atoms with Gasteiger partial charge in [-0.15, -0.1) is 0 Å². The van der Waals surface area contributed by atoms with Crippen LogP contribution in [0.5, 0.6) is 0 Å². The number of halogens is 1. The van der Waals surface area contributed by atoms with E-state index in [0.29, 0.717) is 5.02 Å². The summed E-state index contributed by atoms with van der Waals surface area (Å²) in [5, 5.41) is 11.7. The van der Waals surface area contributed by atoms with Gasteiger partial charge in [-0.3, -0.25) is 4.90 Å². The van der Waals surface area contributed by atoms with Crippen molar-refractivity contribution >= 4 is 11.6 Å². The largest absolute Gasteiger partial charge is 0.386 e. The second kappa shape index (κ2) is 6.02. The molecule has 0 radical (unpaired) electrons. The zero-order valence-corrected chi connectivity index (χ0v) is 12.5. The third-order valence-corrected chi connectivity index (χ3v) is 5.06. The van der Waals surface area contributed by atoms with E-state index in [1.807, 2.05) is 24.3 Å². The van der Waals surface area contributed by atoms with Crippen LogP contribution in [0.3, 0.4) is 0 Å². The molecule has 2 fully saturated rings. The van der Waals surface area contributed by atoms with E-state index in [1.54, 1.807) is 0 Å². The zero-order valence-electron chi connectivity index (χ0n) is 11.7. The number of rotatable bonds is 3. The molecule has 1 saturated carbocycles. The lowest BCUT2D eigenvalue weighted by molar-refractivity contribution is -0.0774. The molecule has 1 heterocycles. The van der Waals surface area contributed by atoms with Gasteiger partial charge in [0.1, 0.15) is 0 Å². The standard InChI is InChI=1S/C16H22ClNO2/c17-14-5-3-13(4-6-14)15(19)16(7-1-2-8-16)18-9-11-20-12-10-18/h3-6,15,19H,1-2,7-12H2. The van der Waals surface area contributed by atoms with Crippen LogP contribution >= 0.6 is 11.6 Å². The molecule has 110 valence electrons. The molecule has 20 heavy (non-hydrogen) atoms. The lowest BCUT2D eigenvalue weighted by atomic mass is 9.84. The maximum absolute atomic E-state index is 11.0.